The van der Waals surface area contributed by atoms with E-state index in [1.54, 1.807) is 0 Å². The van der Waals surface area contributed by atoms with E-state index in [1.807, 2.05) is 72.5 Å². The molecule has 0 atom stereocenters. The zero-order valence-electron chi connectivity index (χ0n) is 17.9. The van der Waals surface area contributed by atoms with Gasteiger partial charge in [0.25, 0.3) is 5.91 Å². The summed E-state index contributed by atoms with van der Waals surface area (Å²) in [5, 5.41) is 9.41. The van der Waals surface area contributed by atoms with Crippen LogP contribution in [0.4, 0.5) is 5.82 Å². The molecule has 1 aliphatic heterocycles. The topological polar surface area (TPSA) is 67.8 Å². The van der Waals surface area contributed by atoms with E-state index >= 15 is 0 Å². The largest absolute Gasteiger partial charge is 0.490 e. The SMILES string of the molecule is CCOc1ccccc1OCC(=O)N1CCN(c2ccc(-c3ccc(Cl)cc3)nn2)CC1. The summed E-state index contributed by atoms with van der Waals surface area (Å²) >= 11 is 5.95. The Kier molecular flexibility index (Phi) is 7.07. The summed E-state index contributed by atoms with van der Waals surface area (Å²) in [7, 11) is 0. The van der Waals surface area contributed by atoms with Gasteiger partial charge in [-0.1, -0.05) is 35.9 Å². The summed E-state index contributed by atoms with van der Waals surface area (Å²) in [5.74, 6) is 1.99. The van der Waals surface area contributed by atoms with E-state index < -0.39 is 0 Å². The molecular weight excluding hydrogens is 428 g/mol. The molecule has 0 saturated carbocycles. The summed E-state index contributed by atoms with van der Waals surface area (Å²) in [4.78, 5) is 16.6. The highest BCUT2D eigenvalue weighted by Gasteiger charge is 2.23. The van der Waals surface area contributed by atoms with Crippen LogP contribution < -0.4 is 14.4 Å². The van der Waals surface area contributed by atoms with Crippen LogP contribution in [0.2, 0.25) is 5.02 Å². The fourth-order valence-corrected chi connectivity index (χ4v) is 3.65. The number of benzene rings is 2. The molecule has 3 aromatic rings. The zero-order chi connectivity index (χ0) is 22.3. The molecule has 8 heteroatoms. The predicted octanol–water partition coefficient (Wildman–Crippen LogP) is 3.92. The van der Waals surface area contributed by atoms with Gasteiger partial charge in [-0.05, 0) is 43.3 Å². The summed E-state index contributed by atoms with van der Waals surface area (Å²) in [6.07, 6.45) is 0. The number of amides is 1. The minimum absolute atomic E-state index is 0.0142. The molecule has 1 aromatic heterocycles. The molecule has 2 heterocycles. The van der Waals surface area contributed by atoms with Crippen molar-refractivity contribution in [1.29, 1.82) is 0 Å². The van der Waals surface area contributed by atoms with Crippen molar-refractivity contribution in [2.75, 3.05) is 44.3 Å². The third-order valence-electron chi connectivity index (χ3n) is 5.25. The van der Waals surface area contributed by atoms with E-state index in [0.717, 1.165) is 17.1 Å². The molecule has 2 aromatic carbocycles. The Bertz CT molecular complexity index is 1040. The van der Waals surface area contributed by atoms with E-state index in [9.17, 15) is 4.79 Å². The summed E-state index contributed by atoms with van der Waals surface area (Å²) in [5.41, 5.74) is 1.76. The smallest absolute Gasteiger partial charge is 0.260 e. The van der Waals surface area contributed by atoms with Crippen LogP contribution in [0.15, 0.2) is 60.7 Å². The number of rotatable bonds is 7. The molecule has 166 valence electrons. The van der Waals surface area contributed by atoms with Gasteiger partial charge in [0.15, 0.2) is 23.9 Å². The normalized spacial score (nSPS) is 13.7. The molecule has 0 spiro atoms. The molecule has 1 fully saturated rings. The molecule has 1 aliphatic rings. The minimum atomic E-state index is -0.0416. The molecule has 0 N–H and O–H groups in total. The first-order valence-corrected chi connectivity index (χ1v) is 11.0. The van der Waals surface area contributed by atoms with Crippen LogP contribution in [-0.2, 0) is 4.79 Å². The lowest BCUT2D eigenvalue weighted by molar-refractivity contribution is -0.133. The van der Waals surface area contributed by atoms with Gasteiger partial charge in [-0.3, -0.25) is 4.79 Å². The predicted molar refractivity (Wildman–Crippen MR) is 124 cm³/mol. The first kappa shape index (κ1) is 21.9. The highest BCUT2D eigenvalue weighted by molar-refractivity contribution is 6.30. The highest BCUT2D eigenvalue weighted by atomic mass is 35.5. The van der Waals surface area contributed by atoms with Crippen LogP contribution in [-0.4, -0.2) is 60.4 Å². The van der Waals surface area contributed by atoms with Crippen molar-refractivity contribution in [3.8, 4) is 22.8 Å². The summed E-state index contributed by atoms with van der Waals surface area (Å²) in [6.45, 7) is 5.04. The van der Waals surface area contributed by atoms with Gasteiger partial charge in [0.2, 0.25) is 0 Å². The van der Waals surface area contributed by atoms with Crippen LogP contribution >= 0.6 is 11.6 Å². The monoisotopic (exact) mass is 452 g/mol. The Morgan fingerprint density at radius 1 is 0.906 bits per heavy atom. The van der Waals surface area contributed by atoms with Gasteiger partial charge in [-0.25, -0.2) is 0 Å². The second-order valence-corrected chi connectivity index (χ2v) is 7.76. The van der Waals surface area contributed by atoms with Crippen molar-refractivity contribution in [1.82, 2.24) is 15.1 Å². The first-order chi connectivity index (χ1) is 15.6. The maximum Gasteiger partial charge on any atom is 0.260 e. The molecular formula is C24H25ClN4O3. The van der Waals surface area contributed by atoms with Gasteiger partial charge in [0, 0.05) is 36.8 Å². The molecule has 0 bridgehead atoms. The van der Waals surface area contributed by atoms with E-state index in [-0.39, 0.29) is 12.5 Å². The maximum atomic E-state index is 12.6. The third kappa shape index (κ3) is 5.29. The lowest BCUT2D eigenvalue weighted by Crippen LogP contribution is -2.50. The standard InChI is InChI=1S/C24H25ClN4O3/c1-2-31-21-5-3-4-6-22(21)32-17-24(30)29-15-13-28(14-16-29)23-12-11-20(26-27-23)18-7-9-19(25)10-8-18/h3-12H,2,13-17H2,1H3. The van der Waals surface area contributed by atoms with Crippen molar-refractivity contribution in [3.63, 3.8) is 0 Å². The first-order valence-electron chi connectivity index (χ1n) is 10.6. The highest BCUT2D eigenvalue weighted by Crippen LogP contribution is 2.26. The van der Waals surface area contributed by atoms with Gasteiger partial charge in [-0.15, -0.1) is 10.2 Å². The number of hydrogen-bond acceptors (Lipinski definition) is 6. The quantitative estimate of drug-likeness (QED) is 0.541. The Hall–Kier alpha value is -3.32. The number of hydrogen-bond donors (Lipinski definition) is 0. The van der Waals surface area contributed by atoms with E-state index in [4.69, 9.17) is 21.1 Å². The second kappa shape index (κ2) is 10.3. The zero-order valence-corrected chi connectivity index (χ0v) is 18.7. The molecule has 32 heavy (non-hydrogen) atoms. The van der Waals surface area contributed by atoms with Crippen molar-refractivity contribution >= 4 is 23.3 Å². The number of carbonyl (C=O) groups is 1. The number of anilines is 1. The Morgan fingerprint density at radius 3 is 2.22 bits per heavy atom. The van der Waals surface area contributed by atoms with Gasteiger partial charge >= 0.3 is 0 Å². The lowest BCUT2D eigenvalue weighted by atomic mass is 10.1. The van der Waals surface area contributed by atoms with Crippen molar-refractivity contribution in [2.45, 2.75) is 6.92 Å². The van der Waals surface area contributed by atoms with Crippen LogP contribution in [0.1, 0.15) is 6.92 Å². The van der Waals surface area contributed by atoms with Crippen LogP contribution in [0.25, 0.3) is 11.3 Å². The maximum absolute atomic E-state index is 12.6. The summed E-state index contributed by atoms with van der Waals surface area (Å²) in [6, 6.07) is 18.8. The average molecular weight is 453 g/mol. The van der Waals surface area contributed by atoms with Crippen molar-refractivity contribution in [2.24, 2.45) is 0 Å². The Labute approximate surface area is 192 Å². The molecule has 7 nitrogen and oxygen atoms in total. The number of para-hydroxylation sites is 2. The molecule has 0 radical (unpaired) electrons. The van der Waals surface area contributed by atoms with Crippen LogP contribution in [0.3, 0.4) is 0 Å². The van der Waals surface area contributed by atoms with Gasteiger partial charge < -0.3 is 19.3 Å². The van der Waals surface area contributed by atoms with Gasteiger partial charge in [0.1, 0.15) is 0 Å². The number of aromatic nitrogens is 2. The van der Waals surface area contributed by atoms with Crippen LogP contribution in [0.5, 0.6) is 11.5 Å². The number of carbonyl (C=O) groups excluding carboxylic acids is 1. The van der Waals surface area contributed by atoms with Crippen molar-refractivity contribution < 1.29 is 14.3 Å². The molecule has 1 amide bonds. The number of ether oxygens (including phenoxy) is 2. The van der Waals surface area contributed by atoms with Gasteiger partial charge in [-0.2, -0.15) is 0 Å². The number of nitrogens with zero attached hydrogens (tertiary/aromatic N) is 4. The van der Waals surface area contributed by atoms with Crippen LogP contribution in [0, 0.1) is 0 Å². The van der Waals surface area contributed by atoms with Crippen molar-refractivity contribution in [3.05, 3.63) is 65.7 Å². The fourth-order valence-electron chi connectivity index (χ4n) is 3.53. The minimum Gasteiger partial charge on any atom is -0.490 e. The second-order valence-electron chi connectivity index (χ2n) is 7.32. The van der Waals surface area contributed by atoms with E-state index in [0.29, 0.717) is 49.3 Å². The molecule has 0 unspecified atom stereocenters. The lowest BCUT2D eigenvalue weighted by Gasteiger charge is -2.35. The number of piperazine rings is 1. The Balaban J connectivity index is 1.29. The third-order valence-corrected chi connectivity index (χ3v) is 5.50. The number of halogens is 1. The Morgan fingerprint density at radius 2 is 1.59 bits per heavy atom. The fraction of sp³-hybridized carbons (Fsp3) is 0.292. The average Bonchev–Trinajstić information content (AvgIpc) is 2.84. The molecule has 4 rings (SSSR count). The van der Waals surface area contributed by atoms with E-state index in [1.165, 1.54) is 0 Å². The summed E-state index contributed by atoms with van der Waals surface area (Å²) < 4.78 is 11.3. The van der Waals surface area contributed by atoms with E-state index in [2.05, 4.69) is 15.1 Å². The molecule has 0 aliphatic carbocycles. The van der Waals surface area contributed by atoms with Gasteiger partial charge in [0.05, 0.1) is 12.3 Å². The molecule has 1 saturated heterocycles.